The molecule has 3 rings (SSSR count). The first-order valence-electron chi connectivity index (χ1n) is 11.0. The summed E-state index contributed by atoms with van der Waals surface area (Å²) in [6.07, 6.45) is 9.95. The first kappa shape index (κ1) is 21.2. The van der Waals surface area contributed by atoms with E-state index in [1.54, 1.807) is 0 Å². The Hall–Kier alpha value is -1.48. The number of fused-ring (bicyclic) bond motifs is 3. The molecule has 2 N–H and O–H groups in total. The van der Waals surface area contributed by atoms with Gasteiger partial charge in [0, 0.05) is 17.4 Å². The minimum atomic E-state index is -0.286. The molecular weight excluding hydrogens is 348 g/mol. The molecule has 0 unspecified atom stereocenters. The van der Waals surface area contributed by atoms with Crippen molar-refractivity contribution in [3.63, 3.8) is 0 Å². The van der Waals surface area contributed by atoms with E-state index in [2.05, 4.69) is 46.8 Å². The van der Waals surface area contributed by atoms with Gasteiger partial charge in [-0.25, -0.2) is 0 Å². The maximum Gasteiger partial charge on any atom is 0.127 e. The van der Waals surface area contributed by atoms with Crippen LogP contribution in [0.25, 0.3) is 0 Å². The first-order chi connectivity index (χ1) is 13.2. The molecule has 1 heterocycles. The van der Waals surface area contributed by atoms with Crippen LogP contribution in [0.1, 0.15) is 96.6 Å². The summed E-state index contributed by atoms with van der Waals surface area (Å²) in [7, 11) is 0. The van der Waals surface area contributed by atoms with Crippen LogP contribution in [-0.4, -0.2) is 22.4 Å². The Kier molecular flexibility index (Phi) is 6.14. The summed E-state index contributed by atoms with van der Waals surface area (Å²) in [6.45, 7) is 11.2. The molecule has 0 saturated heterocycles. The molecule has 1 aliphatic heterocycles. The van der Waals surface area contributed by atoms with Crippen LogP contribution in [0.2, 0.25) is 0 Å². The Morgan fingerprint density at radius 1 is 1.18 bits per heavy atom. The number of rotatable bonds is 7. The summed E-state index contributed by atoms with van der Waals surface area (Å²) in [4.78, 5) is 0. The smallest absolute Gasteiger partial charge is 0.127 e. The summed E-state index contributed by atoms with van der Waals surface area (Å²) < 4.78 is 6.47. The third-order valence-electron chi connectivity index (χ3n) is 7.03. The number of benzene rings is 1. The predicted molar refractivity (Wildman–Crippen MR) is 115 cm³/mol. The van der Waals surface area contributed by atoms with Crippen LogP contribution in [0, 0.1) is 5.92 Å². The van der Waals surface area contributed by atoms with Gasteiger partial charge in [-0.1, -0.05) is 52.5 Å². The Morgan fingerprint density at radius 2 is 1.93 bits per heavy atom. The summed E-state index contributed by atoms with van der Waals surface area (Å²) in [6, 6.07) is 4.14. The standard InChI is InChI=1S/C25H38O3/c1-6-7-8-9-12-24(2,3)18-14-21(27)23-19-13-17(16-26)10-11-20(19)25(4,5)28-22(23)15-18/h10,14-15,19-20,26-27H,6-9,11-13,16H2,1-5H3/t19-,20+/m1/s1. The monoisotopic (exact) mass is 386 g/mol. The molecule has 1 aliphatic carbocycles. The number of unbranched alkanes of at least 4 members (excludes halogenated alkanes) is 3. The third-order valence-corrected chi connectivity index (χ3v) is 7.03. The average Bonchev–Trinajstić information content (AvgIpc) is 2.63. The fourth-order valence-electron chi connectivity index (χ4n) is 5.12. The molecule has 0 saturated carbocycles. The van der Waals surface area contributed by atoms with Crippen molar-refractivity contribution in [2.75, 3.05) is 6.61 Å². The number of phenols is 1. The molecule has 3 heteroatoms. The van der Waals surface area contributed by atoms with Gasteiger partial charge >= 0.3 is 0 Å². The van der Waals surface area contributed by atoms with E-state index in [0.717, 1.165) is 41.7 Å². The largest absolute Gasteiger partial charge is 0.508 e. The number of ether oxygens (including phenoxy) is 1. The van der Waals surface area contributed by atoms with Gasteiger partial charge in [-0.2, -0.15) is 0 Å². The van der Waals surface area contributed by atoms with E-state index >= 15 is 0 Å². The maximum atomic E-state index is 11.0. The van der Waals surface area contributed by atoms with Gasteiger partial charge < -0.3 is 14.9 Å². The van der Waals surface area contributed by atoms with Crippen molar-refractivity contribution in [3.8, 4) is 11.5 Å². The van der Waals surface area contributed by atoms with Gasteiger partial charge in [-0.3, -0.25) is 0 Å². The molecule has 1 aromatic carbocycles. The second kappa shape index (κ2) is 8.10. The fourth-order valence-corrected chi connectivity index (χ4v) is 5.12. The maximum absolute atomic E-state index is 11.0. The Morgan fingerprint density at radius 3 is 2.61 bits per heavy atom. The minimum absolute atomic E-state index is 0.00727. The van der Waals surface area contributed by atoms with Crippen molar-refractivity contribution in [3.05, 3.63) is 34.9 Å². The van der Waals surface area contributed by atoms with E-state index in [-0.39, 0.29) is 23.5 Å². The van der Waals surface area contributed by atoms with Crippen LogP contribution >= 0.6 is 0 Å². The molecule has 3 nitrogen and oxygen atoms in total. The topological polar surface area (TPSA) is 49.7 Å². The number of hydrogen-bond donors (Lipinski definition) is 2. The lowest BCUT2D eigenvalue weighted by Crippen LogP contribution is -2.45. The van der Waals surface area contributed by atoms with Crippen LogP contribution in [-0.2, 0) is 5.41 Å². The molecular formula is C25H38O3. The van der Waals surface area contributed by atoms with Crippen molar-refractivity contribution in [2.24, 2.45) is 5.92 Å². The second-order valence-corrected chi connectivity index (χ2v) is 9.98. The predicted octanol–water partition coefficient (Wildman–Crippen LogP) is 6.22. The van der Waals surface area contributed by atoms with Crippen LogP contribution in [0.4, 0.5) is 0 Å². The molecule has 2 aliphatic rings. The lowest BCUT2D eigenvalue weighted by atomic mass is 9.66. The average molecular weight is 387 g/mol. The summed E-state index contributed by atoms with van der Waals surface area (Å²) in [5.74, 6) is 1.71. The van der Waals surface area contributed by atoms with E-state index in [9.17, 15) is 10.2 Å². The molecule has 28 heavy (non-hydrogen) atoms. The zero-order chi connectivity index (χ0) is 20.5. The van der Waals surface area contributed by atoms with Crippen molar-refractivity contribution in [2.45, 2.75) is 96.5 Å². The zero-order valence-corrected chi connectivity index (χ0v) is 18.3. The molecule has 0 aromatic heterocycles. The summed E-state index contributed by atoms with van der Waals surface area (Å²) in [5, 5.41) is 20.7. The van der Waals surface area contributed by atoms with E-state index in [1.807, 2.05) is 6.07 Å². The van der Waals surface area contributed by atoms with Crippen molar-refractivity contribution < 1.29 is 14.9 Å². The van der Waals surface area contributed by atoms with E-state index in [0.29, 0.717) is 11.7 Å². The second-order valence-electron chi connectivity index (χ2n) is 9.98. The molecule has 1 aromatic rings. The van der Waals surface area contributed by atoms with E-state index in [1.165, 1.54) is 25.7 Å². The normalized spacial score (nSPS) is 23.4. The van der Waals surface area contributed by atoms with Gasteiger partial charge in [-0.05, 0) is 61.8 Å². The number of aromatic hydroxyl groups is 1. The molecule has 0 radical (unpaired) electrons. The van der Waals surface area contributed by atoms with Gasteiger partial charge in [0.1, 0.15) is 17.1 Å². The summed E-state index contributed by atoms with van der Waals surface area (Å²) >= 11 is 0. The van der Waals surface area contributed by atoms with Gasteiger partial charge in [0.25, 0.3) is 0 Å². The minimum Gasteiger partial charge on any atom is -0.508 e. The van der Waals surface area contributed by atoms with Crippen LogP contribution in [0.3, 0.4) is 0 Å². The van der Waals surface area contributed by atoms with Crippen molar-refractivity contribution in [1.82, 2.24) is 0 Å². The van der Waals surface area contributed by atoms with Crippen LogP contribution < -0.4 is 4.74 Å². The highest BCUT2D eigenvalue weighted by Crippen LogP contribution is 2.54. The fraction of sp³-hybridized carbons (Fsp3) is 0.680. The van der Waals surface area contributed by atoms with E-state index < -0.39 is 0 Å². The number of phenolic OH excluding ortho intramolecular Hbond substituents is 1. The Balaban J connectivity index is 1.93. The van der Waals surface area contributed by atoms with Gasteiger partial charge in [-0.15, -0.1) is 0 Å². The van der Waals surface area contributed by atoms with Gasteiger partial charge in [0.15, 0.2) is 0 Å². The zero-order valence-electron chi connectivity index (χ0n) is 18.3. The van der Waals surface area contributed by atoms with Crippen LogP contribution in [0.15, 0.2) is 23.8 Å². The highest BCUT2D eigenvalue weighted by atomic mass is 16.5. The molecule has 0 spiro atoms. The highest BCUT2D eigenvalue weighted by molar-refractivity contribution is 5.54. The Bertz CT molecular complexity index is 730. The number of allylic oxidation sites excluding steroid dienone is 1. The molecule has 156 valence electrons. The molecule has 0 fully saturated rings. The van der Waals surface area contributed by atoms with Gasteiger partial charge in [0.2, 0.25) is 0 Å². The highest BCUT2D eigenvalue weighted by Gasteiger charge is 2.46. The Labute approximate surface area is 170 Å². The molecule has 2 atom stereocenters. The van der Waals surface area contributed by atoms with Gasteiger partial charge in [0.05, 0.1) is 6.61 Å². The number of hydrogen-bond acceptors (Lipinski definition) is 3. The number of aliphatic hydroxyl groups excluding tert-OH is 1. The first-order valence-corrected chi connectivity index (χ1v) is 11.0. The third kappa shape index (κ3) is 4.10. The summed E-state index contributed by atoms with van der Waals surface area (Å²) in [5.41, 5.74) is 2.89. The van der Waals surface area contributed by atoms with Crippen molar-refractivity contribution >= 4 is 0 Å². The number of aliphatic hydroxyl groups is 1. The lowest BCUT2D eigenvalue weighted by Gasteiger charge is -2.47. The van der Waals surface area contributed by atoms with E-state index in [4.69, 9.17) is 4.74 Å². The SMILES string of the molecule is CCCCCCC(C)(C)c1cc(O)c2c(c1)OC(C)(C)[C@H]1CC=C(CO)C[C@@H]21. The van der Waals surface area contributed by atoms with Crippen LogP contribution in [0.5, 0.6) is 11.5 Å². The molecule has 0 amide bonds. The molecule has 0 bridgehead atoms. The quantitative estimate of drug-likeness (QED) is 0.432. The van der Waals surface area contributed by atoms with Crippen molar-refractivity contribution in [1.29, 1.82) is 0 Å². The lowest BCUT2D eigenvalue weighted by molar-refractivity contribution is 0.00662.